The molecule has 0 saturated carbocycles. The van der Waals surface area contributed by atoms with Crippen molar-refractivity contribution < 1.29 is 27.5 Å². The fourth-order valence-electron chi connectivity index (χ4n) is 2.66. The molecule has 11 heteroatoms. The Labute approximate surface area is 191 Å². The van der Waals surface area contributed by atoms with E-state index in [0.717, 1.165) is 24.0 Å². The first-order valence-electron chi connectivity index (χ1n) is 9.59. The number of carbonyl (C=O) groups excluding carboxylic acids is 2. The number of ether oxygens (including phenoxy) is 1. The number of thioether (sulfide) groups is 1. The molecular formula is C22H19F3N4O3S. The molecule has 1 unspecified atom stereocenters. The maximum absolute atomic E-state index is 12.8. The Bertz CT molecular complexity index is 1140. The largest absolute Gasteiger partial charge is 0.495 e. The number of para-hydroxylation sites is 2. The average molecular weight is 476 g/mol. The van der Waals surface area contributed by atoms with Crippen LogP contribution in [0.1, 0.15) is 23.0 Å². The summed E-state index contributed by atoms with van der Waals surface area (Å²) < 4.78 is 43.6. The van der Waals surface area contributed by atoms with Crippen LogP contribution in [0.15, 0.2) is 66.0 Å². The highest BCUT2D eigenvalue weighted by Gasteiger charge is 2.33. The van der Waals surface area contributed by atoms with Gasteiger partial charge in [0.2, 0.25) is 5.91 Å². The lowest BCUT2D eigenvalue weighted by Gasteiger charge is -2.13. The summed E-state index contributed by atoms with van der Waals surface area (Å²) >= 11 is 0.804. The number of amides is 2. The molecule has 0 fully saturated rings. The molecule has 0 saturated heterocycles. The molecular weight excluding hydrogens is 457 g/mol. The van der Waals surface area contributed by atoms with Gasteiger partial charge >= 0.3 is 6.18 Å². The van der Waals surface area contributed by atoms with Gasteiger partial charge in [-0.1, -0.05) is 23.9 Å². The predicted molar refractivity (Wildman–Crippen MR) is 118 cm³/mol. The third-order valence-corrected chi connectivity index (χ3v) is 5.32. The van der Waals surface area contributed by atoms with E-state index >= 15 is 0 Å². The third-order valence-electron chi connectivity index (χ3n) is 4.35. The Morgan fingerprint density at radius 2 is 1.73 bits per heavy atom. The number of hydrogen-bond acceptors (Lipinski definition) is 6. The number of nitrogens with zero attached hydrogens (tertiary/aromatic N) is 2. The fraction of sp³-hybridized carbons (Fsp3) is 0.182. The standard InChI is InChI=1S/C22H19F3N4O3S/c1-13(33-21-26-12-11-18(29-21)22(23,24)25)19(30)27-15-9-7-14(8-10-15)20(31)28-16-5-3-4-6-17(16)32-2/h3-13H,1-2H3,(H,27,30)(H,28,31). The van der Waals surface area contributed by atoms with E-state index in [1.807, 2.05) is 0 Å². The highest BCUT2D eigenvalue weighted by molar-refractivity contribution is 8.00. The Hall–Kier alpha value is -3.60. The van der Waals surface area contributed by atoms with Crippen molar-refractivity contribution in [1.29, 1.82) is 0 Å². The second kappa shape index (κ2) is 10.3. The van der Waals surface area contributed by atoms with Crippen molar-refractivity contribution in [3.05, 3.63) is 72.1 Å². The minimum Gasteiger partial charge on any atom is -0.495 e. The number of aromatic nitrogens is 2. The van der Waals surface area contributed by atoms with Crippen LogP contribution in [0.25, 0.3) is 0 Å². The molecule has 172 valence electrons. The monoisotopic (exact) mass is 476 g/mol. The van der Waals surface area contributed by atoms with E-state index in [-0.39, 0.29) is 11.1 Å². The number of anilines is 2. The molecule has 2 aromatic carbocycles. The first-order chi connectivity index (χ1) is 15.7. The molecule has 33 heavy (non-hydrogen) atoms. The second-order valence-electron chi connectivity index (χ2n) is 6.70. The first kappa shape index (κ1) is 24.1. The van der Waals surface area contributed by atoms with Gasteiger partial charge in [-0.2, -0.15) is 13.2 Å². The van der Waals surface area contributed by atoms with E-state index in [4.69, 9.17) is 4.74 Å². The number of benzene rings is 2. The number of halogens is 3. The third kappa shape index (κ3) is 6.45. The smallest absolute Gasteiger partial charge is 0.433 e. The van der Waals surface area contributed by atoms with E-state index in [1.165, 1.54) is 26.2 Å². The number of alkyl halides is 3. The van der Waals surface area contributed by atoms with Crippen molar-refractivity contribution in [1.82, 2.24) is 9.97 Å². The molecule has 0 aliphatic rings. The summed E-state index contributed by atoms with van der Waals surface area (Å²) in [6, 6.07) is 13.9. The Kier molecular flexibility index (Phi) is 7.54. The second-order valence-corrected chi connectivity index (χ2v) is 8.01. The summed E-state index contributed by atoms with van der Waals surface area (Å²) in [5.41, 5.74) is 0.226. The molecule has 7 nitrogen and oxygen atoms in total. The maximum Gasteiger partial charge on any atom is 0.433 e. The highest BCUT2D eigenvalue weighted by atomic mass is 32.2. The van der Waals surface area contributed by atoms with Gasteiger partial charge in [0, 0.05) is 17.4 Å². The SMILES string of the molecule is COc1ccccc1NC(=O)c1ccc(NC(=O)C(C)Sc2nccc(C(F)(F)F)n2)cc1. The Morgan fingerprint density at radius 1 is 1.03 bits per heavy atom. The molecule has 2 amide bonds. The molecule has 1 aromatic heterocycles. The number of carbonyl (C=O) groups is 2. The van der Waals surface area contributed by atoms with E-state index in [9.17, 15) is 22.8 Å². The van der Waals surface area contributed by atoms with Gasteiger partial charge in [-0.3, -0.25) is 9.59 Å². The minimum atomic E-state index is -4.59. The van der Waals surface area contributed by atoms with Crippen molar-refractivity contribution in [3.8, 4) is 5.75 Å². The summed E-state index contributed by atoms with van der Waals surface area (Å²) in [6.07, 6.45) is -3.60. The zero-order valence-electron chi connectivity index (χ0n) is 17.5. The molecule has 0 spiro atoms. The summed E-state index contributed by atoms with van der Waals surface area (Å²) in [5.74, 6) is -0.291. The topological polar surface area (TPSA) is 93.2 Å². The van der Waals surface area contributed by atoms with Crippen LogP contribution in [0, 0.1) is 0 Å². The van der Waals surface area contributed by atoms with Crippen molar-refractivity contribution in [2.24, 2.45) is 0 Å². The quantitative estimate of drug-likeness (QED) is 0.373. The van der Waals surface area contributed by atoms with Crippen LogP contribution < -0.4 is 15.4 Å². The van der Waals surface area contributed by atoms with E-state index in [1.54, 1.807) is 36.4 Å². The van der Waals surface area contributed by atoms with Crippen LogP contribution in [-0.2, 0) is 11.0 Å². The minimum absolute atomic E-state index is 0.157. The molecule has 0 bridgehead atoms. The summed E-state index contributed by atoms with van der Waals surface area (Å²) in [6.45, 7) is 1.53. The molecule has 1 atom stereocenters. The number of hydrogen-bond donors (Lipinski definition) is 2. The van der Waals surface area contributed by atoms with Gasteiger partial charge in [0.05, 0.1) is 18.0 Å². The van der Waals surface area contributed by atoms with Crippen molar-refractivity contribution in [2.75, 3.05) is 17.7 Å². The molecule has 1 heterocycles. The van der Waals surface area contributed by atoms with Crippen molar-refractivity contribution >= 4 is 35.0 Å². The lowest BCUT2D eigenvalue weighted by Crippen LogP contribution is -2.23. The normalized spacial score (nSPS) is 12.0. The van der Waals surface area contributed by atoms with Crippen LogP contribution in [0.5, 0.6) is 5.75 Å². The van der Waals surface area contributed by atoms with Gasteiger partial charge in [-0.15, -0.1) is 0 Å². The first-order valence-corrected chi connectivity index (χ1v) is 10.5. The average Bonchev–Trinajstić information content (AvgIpc) is 2.79. The lowest BCUT2D eigenvalue weighted by atomic mass is 10.2. The van der Waals surface area contributed by atoms with Gasteiger partial charge < -0.3 is 15.4 Å². The maximum atomic E-state index is 12.8. The molecule has 3 aromatic rings. The van der Waals surface area contributed by atoms with Crippen molar-refractivity contribution in [3.63, 3.8) is 0 Å². The van der Waals surface area contributed by atoms with Crippen molar-refractivity contribution in [2.45, 2.75) is 23.5 Å². The van der Waals surface area contributed by atoms with Gasteiger partial charge in [0.15, 0.2) is 5.16 Å². The molecule has 3 rings (SSSR count). The number of nitrogens with one attached hydrogen (secondary N) is 2. The molecule has 0 aliphatic heterocycles. The lowest BCUT2D eigenvalue weighted by molar-refractivity contribution is -0.141. The highest BCUT2D eigenvalue weighted by Crippen LogP contribution is 2.29. The van der Waals surface area contributed by atoms with E-state index in [2.05, 4.69) is 20.6 Å². The Balaban J connectivity index is 1.60. The van der Waals surface area contributed by atoms with Crippen LogP contribution in [0.3, 0.4) is 0 Å². The molecule has 2 N–H and O–H groups in total. The zero-order valence-corrected chi connectivity index (χ0v) is 18.3. The van der Waals surface area contributed by atoms with E-state index < -0.39 is 23.0 Å². The van der Waals surface area contributed by atoms with Crippen LogP contribution in [0.4, 0.5) is 24.5 Å². The molecule has 0 radical (unpaired) electrons. The summed E-state index contributed by atoms with van der Waals surface area (Å²) in [4.78, 5) is 32.1. The predicted octanol–water partition coefficient (Wildman–Crippen LogP) is 4.88. The van der Waals surface area contributed by atoms with Crippen LogP contribution >= 0.6 is 11.8 Å². The van der Waals surface area contributed by atoms with Gasteiger partial charge in [0.25, 0.3) is 5.91 Å². The van der Waals surface area contributed by atoms with Gasteiger partial charge in [-0.25, -0.2) is 9.97 Å². The van der Waals surface area contributed by atoms with Crippen LogP contribution in [0.2, 0.25) is 0 Å². The summed E-state index contributed by atoms with van der Waals surface area (Å²) in [5, 5.41) is 4.48. The summed E-state index contributed by atoms with van der Waals surface area (Å²) in [7, 11) is 1.50. The van der Waals surface area contributed by atoms with E-state index in [0.29, 0.717) is 22.7 Å². The van der Waals surface area contributed by atoms with Gasteiger partial charge in [-0.05, 0) is 49.4 Å². The molecule has 0 aliphatic carbocycles. The van der Waals surface area contributed by atoms with Crippen LogP contribution in [-0.4, -0.2) is 34.1 Å². The van der Waals surface area contributed by atoms with Gasteiger partial charge in [0.1, 0.15) is 11.4 Å². The Morgan fingerprint density at radius 3 is 2.39 bits per heavy atom. The number of methoxy groups -OCH3 is 1. The number of rotatable bonds is 7. The zero-order chi connectivity index (χ0) is 24.0. The fourth-order valence-corrected chi connectivity index (χ4v) is 3.41.